The molecule has 1 amide bonds. The summed E-state index contributed by atoms with van der Waals surface area (Å²) in [5.74, 6) is -1.33. The molecule has 10 heteroatoms. The molecule has 0 spiro atoms. The van der Waals surface area contributed by atoms with Crippen LogP contribution in [0.3, 0.4) is 0 Å². The molecule has 3 rings (SSSR count). The van der Waals surface area contributed by atoms with Crippen LogP contribution < -0.4 is 0 Å². The fourth-order valence-corrected chi connectivity index (χ4v) is 3.03. The van der Waals surface area contributed by atoms with Crippen LogP contribution in [0.25, 0.3) is 5.69 Å². The number of amides is 1. The average molecular weight is 405 g/mol. The van der Waals surface area contributed by atoms with E-state index in [0.29, 0.717) is 25.2 Å². The van der Waals surface area contributed by atoms with Gasteiger partial charge in [-0.3, -0.25) is 4.98 Å². The van der Waals surface area contributed by atoms with Gasteiger partial charge >= 0.3 is 12.1 Å². The smallest absolute Gasteiger partial charge is 0.410 e. The van der Waals surface area contributed by atoms with Crippen molar-refractivity contribution in [2.75, 3.05) is 19.7 Å². The highest BCUT2D eigenvalue weighted by atomic mass is 19.1. The first-order chi connectivity index (χ1) is 13.7. The molecule has 2 aromatic rings. The molecule has 156 valence electrons. The van der Waals surface area contributed by atoms with Crippen molar-refractivity contribution in [3.63, 3.8) is 0 Å². The average Bonchev–Trinajstić information content (AvgIpc) is 3.30. The van der Waals surface area contributed by atoms with E-state index < -0.39 is 23.5 Å². The summed E-state index contributed by atoms with van der Waals surface area (Å²) >= 11 is 0. The molecule has 0 radical (unpaired) electrons. The Morgan fingerprint density at radius 2 is 2.10 bits per heavy atom. The molecule has 1 fully saturated rings. The zero-order chi connectivity index (χ0) is 21.2. The number of hydrogen-bond donors (Lipinski definition) is 0. The second-order valence-corrected chi connectivity index (χ2v) is 7.74. The van der Waals surface area contributed by atoms with E-state index >= 15 is 0 Å². The third-order valence-corrected chi connectivity index (χ3v) is 4.32. The number of esters is 1. The van der Waals surface area contributed by atoms with Gasteiger partial charge in [0, 0.05) is 25.1 Å². The summed E-state index contributed by atoms with van der Waals surface area (Å²) in [5.41, 5.74) is 0.0579. The Balaban J connectivity index is 1.71. The summed E-state index contributed by atoms with van der Waals surface area (Å²) in [6.45, 7) is 8.14. The Morgan fingerprint density at radius 1 is 1.34 bits per heavy atom. The van der Waals surface area contributed by atoms with Gasteiger partial charge in [-0.2, -0.15) is 0 Å². The molecular formula is C19H24FN5O4. The number of carbonyl (C=O) groups excluding carboxylic acids is 2. The number of nitrogens with zero attached hydrogens (tertiary/aromatic N) is 5. The first kappa shape index (κ1) is 20.7. The molecular weight excluding hydrogens is 381 g/mol. The molecule has 2 aromatic heterocycles. The molecule has 1 atom stereocenters. The van der Waals surface area contributed by atoms with E-state index in [2.05, 4.69) is 15.3 Å². The number of hydrogen-bond acceptors (Lipinski definition) is 7. The van der Waals surface area contributed by atoms with Gasteiger partial charge in [-0.05, 0) is 34.1 Å². The van der Waals surface area contributed by atoms with E-state index in [1.54, 1.807) is 32.6 Å². The molecule has 1 unspecified atom stereocenters. The van der Waals surface area contributed by atoms with Crippen molar-refractivity contribution < 1.29 is 23.5 Å². The van der Waals surface area contributed by atoms with Crippen molar-refractivity contribution in [2.24, 2.45) is 0 Å². The maximum Gasteiger partial charge on any atom is 0.410 e. The molecule has 1 aliphatic rings. The van der Waals surface area contributed by atoms with Crippen LogP contribution >= 0.6 is 0 Å². The predicted octanol–water partition coefficient (Wildman–Crippen LogP) is 2.70. The maximum atomic E-state index is 14.7. The maximum absolute atomic E-state index is 14.7. The van der Waals surface area contributed by atoms with Gasteiger partial charge in [-0.1, -0.05) is 5.21 Å². The zero-order valence-corrected chi connectivity index (χ0v) is 16.9. The van der Waals surface area contributed by atoms with E-state index in [-0.39, 0.29) is 23.9 Å². The van der Waals surface area contributed by atoms with Crippen LogP contribution in [0.4, 0.5) is 9.18 Å². The van der Waals surface area contributed by atoms with Crippen LogP contribution in [0, 0.1) is 5.82 Å². The Morgan fingerprint density at radius 3 is 2.76 bits per heavy atom. The highest BCUT2D eigenvalue weighted by Crippen LogP contribution is 2.29. The minimum absolute atomic E-state index is 0.0279. The minimum atomic E-state index is -0.600. The number of ether oxygens (including phenoxy) is 2. The summed E-state index contributed by atoms with van der Waals surface area (Å²) in [5, 5.41) is 7.55. The first-order valence-electron chi connectivity index (χ1n) is 9.41. The lowest BCUT2D eigenvalue weighted by Crippen LogP contribution is -2.35. The quantitative estimate of drug-likeness (QED) is 0.721. The molecule has 9 nitrogen and oxygen atoms in total. The number of likely N-dealkylation sites (tertiary alicyclic amines) is 1. The largest absolute Gasteiger partial charge is 0.461 e. The summed E-state index contributed by atoms with van der Waals surface area (Å²) in [6, 6.07) is 1.28. The van der Waals surface area contributed by atoms with Crippen LogP contribution in [0.15, 0.2) is 18.5 Å². The predicted molar refractivity (Wildman–Crippen MR) is 100 cm³/mol. The lowest BCUT2D eigenvalue weighted by atomic mass is 10.0. The number of halogens is 1. The molecule has 0 aliphatic carbocycles. The van der Waals surface area contributed by atoms with Crippen molar-refractivity contribution in [2.45, 2.75) is 45.6 Å². The SMILES string of the molecule is CCOC(=O)c1cn(-c2cnc(C3CCN(C(=O)OC(C)(C)C)C3)c(F)c2)nn1. The second kappa shape index (κ2) is 8.14. The van der Waals surface area contributed by atoms with Crippen molar-refractivity contribution in [1.29, 1.82) is 0 Å². The van der Waals surface area contributed by atoms with E-state index in [1.807, 2.05) is 0 Å². The topological polar surface area (TPSA) is 99.4 Å². The van der Waals surface area contributed by atoms with E-state index in [9.17, 15) is 14.0 Å². The normalized spacial score (nSPS) is 16.7. The monoisotopic (exact) mass is 405 g/mol. The zero-order valence-electron chi connectivity index (χ0n) is 16.9. The van der Waals surface area contributed by atoms with Gasteiger partial charge in [-0.15, -0.1) is 5.10 Å². The first-order valence-corrected chi connectivity index (χ1v) is 9.41. The fraction of sp³-hybridized carbons (Fsp3) is 0.526. The summed E-state index contributed by atoms with van der Waals surface area (Å²) < 4.78 is 26.2. The molecule has 3 heterocycles. The highest BCUT2D eigenvalue weighted by molar-refractivity contribution is 5.86. The third kappa shape index (κ3) is 4.87. The molecule has 0 aromatic carbocycles. The van der Waals surface area contributed by atoms with Crippen molar-refractivity contribution in [3.05, 3.63) is 35.7 Å². The molecule has 0 bridgehead atoms. The van der Waals surface area contributed by atoms with Crippen LogP contribution in [-0.2, 0) is 9.47 Å². The summed E-state index contributed by atoms with van der Waals surface area (Å²) in [6.07, 6.45) is 3.00. The van der Waals surface area contributed by atoms with Gasteiger partial charge in [0.05, 0.1) is 30.4 Å². The van der Waals surface area contributed by atoms with Crippen LogP contribution in [0.2, 0.25) is 0 Å². The van der Waals surface area contributed by atoms with Crippen molar-refractivity contribution >= 4 is 12.1 Å². The lowest BCUT2D eigenvalue weighted by molar-refractivity contribution is 0.0292. The fourth-order valence-electron chi connectivity index (χ4n) is 3.03. The van der Waals surface area contributed by atoms with Crippen LogP contribution in [0.1, 0.15) is 56.2 Å². The Kier molecular flexibility index (Phi) is 5.81. The highest BCUT2D eigenvalue weighted by Gasteiger charge is 2.32. The third-order valence-electron chi connectivity index (χ3n) is 4.32. The van der Waals surface area contributed by atoms with Gasteiger partial charge in [0.25, 0.3) is 0 Å². The van der Waals surface area contributed by atoms with Gasteiger partial charge < -0.3 is 14.4 Å². The molecule has 29 heavy (non-hydrogen) atoms. The lowest BCUT2D eigenvalue weighted by Gasteiger charge is -2.24. The molecule has 0 N–H and O–H groups in total. The van der Waals surface area contributed by atoms with Gasteiger partial charge in [0.1, 0.15) is 11.4 Å². The van der Waals surface area contributed by atoms with Gasteiger partial charge in [0.2, 0.25) is 0 Å². The molecule has 1 saturated heterocycles. The number of rotatable bonds is 4. The number of carbonyl (C=O) groups is 2. The number of pyridine rings is 1. The van der Waals surface area contributed by atoms with Crippen LogP contribution in [-0.4, -0.2) is 62.2 Å². The molecule has 1 aliphatic heterocycles. The second-order valence-electron chi connectivity index (χ2n) is 7.74. The van der Waals surface area contributed by atoms with Crippen LogP contribution in [0.5, 0.6) is 0 Å². The van der Waals surface area contributed by atoms with Crippen molar-refractivity contribution in [1.82, 2.24) is 24.9 Å². The summed E-state index contributed by atoms with van der Waals surface area (Å²) in [4.78, 5) is 29.7. The van der Waals surface area contributed by atoms with E-state index in [0.717, 1.165) is 0 Å². The Labute approximate surface area is 167 Å². The Hall–Kier alpha value is -3.04. The van der Waals surface area contributed by atoms with Gasteiger partial charge in [-0.25, -0.2) is 18.7 Å². The minimum Gasteiger partial charge on any atom is -0.461 e. The standard InChI is InChI=1S/C19H24FN5O4/c1-5-28-17(26)15-11-25(23-22-15)13-8-14(20)16(21-9-13)12-6-7-24(10-12)18(27)29-19(2,3)4/h8-9,11-12H,5-7,10H2,1-4H3. The summed E-state index contributed by atoms with van der Waals surface area (Å²) in [7, 11) is 0. The molecule has 0 saturated carbocycles. The van der Waals surface area contributed by atoms with E-state index in [4.69, 9.17) is 9.47 Å². The number of aromatic nitrogens is 4. The van der Waals surface area contributed by atoms with E-state index in [1.165, 1.54) is 23.1 Å². The van der Waals surface area contributed by atoms with Crippen molar-refractivity contribution in [3.8, 4) is 5.69 Å². The Bertz CT molecular complexity index is 908. The van der Waals surface area contributed by atoms with Gasteiger partial charge in [0.15, 0.2) is 5.69 Å².